The van der Waals surface area contributed by atoms with Crippen LogP contribution in [0.1, 0.15) is 41.0 Å². The Balaban J connectivity index is 0.00000154. The first-order chi connectivity index (χ1) is 9.11. The average molecular weight is 272 g/mol. The van der Waals surface area contributed by atoms with Gasteiger partial charge in [0.15, 0.2) is 0 Å². The van der Waals surface area contributed by atoms with Gasteiger partial charge in [-0.3, -0.25) is 9.69 Å². The van der Waals surface area contributed by atoms with E-state index in [1.807, 2.05) is 20.8 Å². The minimum Gasteiger partial charge on any atom is -0.465 e. The maximum absolute atomic E-state index is 11.5. The van der Waals surface area contributed by atoms with Gasteiger partial charge in [0.05, 0.1) is 13.2 Å². The third kappa shape index (κ3) is 9.00. The summed E-state index contributed by atoms with van der Waals surface area (Å²) in [6, 6.07) is 0. The number of nitrogens with zero attached hydrogens (tertiary/aromatic N) is 2. The quantitative estimate of drug-likeness (QED) is 0.694. The van der Waals surface area contributed by atoms with Crippen LogP contribution in [0.5, 0.6) is 0 Å². The zero-order valence-electron chi connectivity index (χ0n) is 13.4. The van der Waals surface area contributed by atoms with Gasteiger partial charge in [0, 0.05) is 32.7 Å². The molecular formula is C15H32N2O2. The second kappa shape index (κ2) is 11.2. The van der Waals surface area contributed by atoms with E-state index in [9.17, 15) is 4.79 Å². The molecule has 4 nitrogen and oxygen atoms in total. The number of carbonyl (C=O) groups is 1. The summed E-state index contributed by atoms with van der Waals surface area (Å²) in [6.07, 6.45) is 0.897. The van der Waals surface area contributed by atoms with Gasteiger partial charge in [-0.1, -0.05) is 34.6 Å². The van der Waals surface area contributed by atoms with E-state index >= 15 is 0 Å². The number of piperazine rings is 1. The molecule has 0 aliphatic carbocycles. The van der Waals surface area contributed by atoms with Crippen molar-refractivity contribution < 1.29 is 9.53 Å². The molecule has 0 aromatic rings. The Bertz CT molecular complexity index is 224. The molecule has 1 saturated heterocycles. The minimum absolute atomic E-state index is 0.0795. The Morgan fingerprint density at radius 2 is 1.63 bits per heavy atom. The first-order valence-corrected chi connectivity index (χ1v) is 7.72. The predicted molar refractivity (Wildman–Crippen MR) is 80.3 cm³/mol. The molecule has 0 unspecified atom stereocenters. The van der Waals surface area contributed by atoms with Gasteiger partial charge in [-0.05, 0) is 12.3 Å². The van der Waals surface area contributed by atoms with E-state index in [1.54, 1.807) is 0 Å². The molecular weight excluding hydrogens is 240 g/mol. The van der Waals surface area contributed by atoms with E-state index < -0.39 is 0 Å². The lowest BCUT2D eigenvalue weighted by molar-refractivity contribution is -0.145. The fourth-order valence-electron chi connectivity index (χ4n) is 2.09. The molecule has 0 atom stereocenters. The first-order valence-electron chi connectivity index (χ1n) is 7.72. The largest absolute Gasteiger partial charge is 0.465 e. The van der Waals surface area contributed by atoms with E-state index in [2.05, 4.69) is 23.6 Å². The van der Waals surface area contributed by atoms with Crippen molar-refractivity contribution in [2.75, 3.05) is 45.9 Å². The molecule has 1 heterocycles. The van der Waals surface area contributed by atoms with Gasteiger partial charge < -0.3 is 9.64 Å². The molecule has 1 aliphatic heterocycles. The Kier molecular flexibility index (Phi) is 10.9. The molecule has 1 rings (SSSR count). The van der Waals surface area contributed by atoms with Crippen LogP contribution >= 0.6 is 0 Å². The highest BCUT2D eigenvalue weighted by Crippen LogP contribution is 2.05. The summed E-state index contributed by atoms with van der Waals surface area (Å²) >= 11 is 0. The lowest BCUT2D eigenvalue weighted by atomic mass is 10.2. The molecule has 0 amide bonds. The van der Waals surface area contributed by atoms with Crippen LogP contribution in [0.3, 0.4) is 0 Å². The monoisotopic (exact) mass is 272 g/mol. The summed E-state index contributed by atoms with van der Waals surface area (Å²) in [7, 11) is 0. The molecule has 0 aromatic carbocycles. The number of ether oxygens (including phenoxy) is 1. The lowest BCUT2D eigenvalue weighted by Crippen LogP contribution is -2.48. The topological polar surface area (TPSA) is 32.8 Å². The molecule has 1 fully saturated rings. The van der Waals surface area contributed by atoms with Crippen LogP contribution < -0.4 is 0 Å². The zero-order valence-corrected chi connectivity index (χ0v) is 13.4. The van der Waals surface area contributed by atoms with Crippen molar-refractivity contribution in [2.24, 2.45) is 5.92 Å². The summed E-state index contributed by atoms with van der Waals surface area (Å²) in [6.45, 7) is 16.8. The second-order valence-electron chi connectivity index (χ2n) is 5.19. The normalized spacial score (nSPS) is 16.9. The highest BCUT2D eigenvalue weighted by Gasteiger charge is 2.19. The predicted octanol–water partition coefficient (Wildman–Crippen LogP) is 2.24. The third-order valence-corrected chi connectivity index (χ3v) is 2.91. The molecule has 4 heteroatoms. The Morgan fingerprint density at radius 1 is 1.11 bits per heavy atom. The molecule has 0 radical (unpaired) electrons. The van der Waals surface area contributed by atoms with E-state index in [-0.39, 0.29) is 5.97 Å². The van der Waals surface area contributed by atoms with Crippen molar-refractivity contribution in [1.29, 1.82) is 0 Å². The number of carbonyl (C=O) groups excluding carboxylic acids is 1. The number of hydrogen-bond donors (Lipinski definition) is 0. The number of rotatable bonds is 6. The molecule has 0 spiro atoms. The van der Waals surface area contributed by atoms with Crippen LogP contribution in [0.2, 0.25) is 0 Å². The summed E-state index contributed by atoms with van der Waals surface area (Å²) in [5.41, 5.74) is 0. The van der Waals surface area contributed by atoms with Gasteiger partial charge in [-0.2, -0.15) is 0 Å². The molecule has 0 bridgehead atoms. The van der Waals surface area contributed by atoms with Crippen LogP contribution in [0.15, 0.2) is 0 Å². The third-order valence-electron chi connectivity index (χ3n) is 2.91. The summed E-state index contributed by atoms with van der Waals surface area (Å²) in [5.74, 6) is 0.639. The van der Waals surface area contributed by atoms with Crippen LogP contribution in [-0.2, 0) is 9.53 Å². The Hall–Kier alpha value is -0.610. The number of esters is 1. The fraction of sp³-hybridized carbons (Fsp3) is 0.933. The van der Waals surface area contributed by atoms with E-state index in [0.717, 1.165) is 45.1 Å². The molecule has 114 valence electrons. The van der Waals surface area contributed by atoms with E-state index in [0.29, 0.717) is 13.2 Å². The highest BCUT2D eigenvalue weighted by atomic mass is 16.5. The lowest BCUT2D eigenvalue weighted by Gasteiger charge is -2.34. The van der Waals surface area contributed by atoms with Gasteiger partial charge in [0.2, 0.25) is 0 Å². The van der Waals surface area contributed by atoms with Crippen LogP contribution in [0.25, 0.3) is 0 Å². The zero-order chi connectivity index (χ0) is 14.7. The molecule has 0 aromatic heterocycles. The molecule has 0 N–H and O–H groups in total. The molecule has 1 aliphatic rings. The van der Waals surface area contributed by atoms with Crippen LogP contribution in [-0.4, -0.2) is 61.6 Å². The SMILES string of the molecule is CC.CCCOC(=O)CN1CCN(CC(C)C)CC1. The van der Waals surface area contributed by atoms with Gasteiger partial charge in [0.25, 0.3) is 0 Å². The molecule has 0 saturated carbocycles. The first kappa shape index (κ1) is 18.4. The average Bonchev–Trinajstić information content (AvgIpc) is 2.40. The summed E-state index contributed by atoms with van der Waals surface area (Å²) in [4.78, 5) is 16.1. The Labute approximate surface area is 119 Å². The van der Waals surface area contributed by atoms with Crippen molar-refractivity contribution >= 4 is 5.97 Å². The van der Waals surface area contributed by atoms with Gasteiger partial charge in [0.1, 0.15) is 0 Å². The van der Waals surface area contributed by atoms with Crippen molar-refractivity contribution in [2.45, 2.75) is 41.0 Å². The van der Waals surface area contributed by atoms with Gasteiger partial charge in [-0.15, -0.1) is 0 Å². The van der Waals surface area contributed by atoms with E-state index in [1.165, 1.54) is 0 Å². The minimum atomic E-state index is -0.0795. The maximum atomic E-state index is 11.5. The smallest absolute Gasteiger partial charge is 0.320 e. The second-order valence-corrected chi connectivity index (χ2v) is 5.19. The molecule has 19 heavy (non-hydrogen) atoms. The van der Waals surface area contributed by atoms with E-state index in [4.69, 9.17) is 4.74 Å². The van der Waals surface area contributed by atoms with Crippen LogP contribution in [0.4, 0.5) is 0 Å². The highest BCUT2D eigenvalue weighted by molar-refractivity contribution is 5.71. The summed E-state index contributed by atoms with van der Waals surface area (Å²) in [5, 5.41) is 0. The maximum Gasteiger partial charge on any atom is 0.320 e. The number of hydrogen-bond acceptors (Lipinski definition) is 4. The van der Waals surface area contributed by atoms with Gasteiger partial charge in [-0.25, -0.2) is 0 Å². The van der Waals surface area contributed by atoms with Gasteiger partial charge >= 0.3 is 5.97 Å². The van der Waals surface area contributed by atoms with Crippen molar-refractivity contribution in [3.05, 3.63) is 0 Å². The van der Waals surface area contributed by atoms with Crippen LogP contribution in [0, 0.1) is 5.92 Å². The van der Waals surface area contributed by atoms with Crippen molar-refractivity contribution in [3.8, 4) is 0 Å². The fourth-order valence-corrected chi connectivity index (χ4v) is 2.09. The van der Waals surface area contributed by atoms with Crippen molar-refractivity contribution in [1.82, 2.24) is 9.80 Å². The standard InChI is InChI=1S/C13H26N2O2.C2H6/c1-4-9-17-13(16)11-15-7-5-14(6-8-15)10-12(2)3;1-2/h12H,4-11H2,1-3H3;1-2H3. The summed E-state index contributed by atoms with van der Waals surface area (Å²) < 4.78 is 5.09. The van der Waals surface area contributed by atoms with Crippen molar-refractivity contribution in [3.63, 3.8) is 0 Å². The Morgan fingerprint density at radius 3 is 2.11 bits per heavy atom.